The number of halogens is 2. The van der Waals surface area contributed by atoms with E-state index in [0.717, 1.165) is 23.6 Å². The number of amides is 1. The first-order valence-electron chi connectivity index (χ1n) is 13.5. The van der Waals surface area contributed by atoms with Crippen molar-refractivity contribution in [1.29, 1.82) is 0 Å². The quantitative estimate of drug-likeness (QED) is 0.410. The molecule has 2 aromatic carbocycles. The number of para-hydroxylation sites is 2. The molecule has 0 unspecified atom stereocenters. The maximum atomic E-state index is 14.0. The number of piperazine rings is 1. The van der Waals surface area contributed by atoms with Crippen LogP contribution in [0.4, 0.5) is 14.5 Å². The molecule has 2 saturated heterocycles. The van der Waals surface area contributed by atoms with Crippen LogP contribution in [0.15, 0.2) is 51.9 Å². The average Bonchev–Trinajstić information content (AvgIpc) is 3.37. The molecule has 0 saturated carbocycles. The third-order valence-corrected chi connectivity index (χ3v) is 9.69. The van der Waals surface area contributed by atoms with Crippen LogP contribution in [0.1, 0.15) is 29.9 Å². The Morgan fingerprint density at radius 1 is 1.02 bits per heavy atom. The van der Waals surface area contributed by atoms with Gasteiger partial charge in [-0.2, -0.15) is 4.31 Å². The predicted octanol–water partition coefficient (Wildman–Crippen LogP) is 4.19. The van der Waals surface area contributed by atoms with Gasteiger partial charge in [0.05, 0.1) is 12.8 Å². The van der Waals surface area contributed by atoms with Crippen molar-refractivity contribution < 1.29 is 31.3 Å². The fourth-order valence-corrected chi connectivity index (χ4v) is 7.11. The van der Waals surface area contributed by atoms with Crippen molar-refractivity contribution in [2.75, 3.05) is 51.3 Å². The highest BCUT2D eigenvalue weighted by Gasteiger charge is 2.37. The molecule has 2 aliphatic heterocycles. The summed E-state index contributed by atoms with van der Waals surface area (Å²) in [5, 5.41) is 3.81. The normalized spacial score (nSPS) is 17.4. The number of aromatic nitrogens is 1. The van der Waals surface area contributed by atoms with E-state index in [-0.39, 0.29) is 46.8 Å². The van der Waals surface area contributed by atoms with E-state index >= 15 is 0 Å². The Labute approximate surface area is 238 Å². The first-order chi connectivity index (χ1) is 19.7. The van der Waals surface area contributed by atoms with Crippen molar-refractivity contribution in [3.8, 4) is 5.75 Å². The lowest BCUT2D eigenvalue weighted by Crippen LogP contribution is -2.52. The average molecular weight is 587 g/mol. The molecule has 1 amide bonds. The lowest BCUT2D eigenvalue weighted by atomic mass is 9.96. The number of ether oxygens (including phenoxy) is 1. The Bertz CT molecular complexity index is 1540. The minimum absolute atomic E-state index is 0.0441. The number of benzene rings is 2. The van der Waals surface area contributed by atoms with Crippen LogP contribution in [0, 0.1) is 24.5 Å². The molecule has 0 radical (unpaired) electrons. The molecule has 3 aromatic rings. The largest absolute Gasteiger partial charge is 0.495 e. The summed E-state index contributed by atoms with van der Waals surface area (Å²) in [6.45, 7) is 4.42. The van der Waals surface area contributed by atoms with Crippen LogP contribution in [0.25, 0.3) is 12.2 Å². The number of aryl methyl sites for hydroxylation is 1. The molecule has 0 N–H and O–H groups in total. The molecular weight excluding hydrogens is 554 g/mol. The van der Waals surface area contributed by atoms with Crippen LogP contribution in [0.5, 0.6) is 5.75 Å². The number of sulfonamides is 1. The number of hydrogen-bond donors (Lipinski definition) is 0. The summed E-state index contributed by atoms with van der Waals surface area (Å²) in [5.74, 6) is -0.954. The van der Waals surface area contributed by atoms with Gasteiger partial charge in [0.15, 0.2) is 10.7 Å². The Kier molecular flexibility index (Phi) is 8.41. The molecule has 2 fully saturated rings. The molecule has 0 aliphatic carbocycles. The smallest absolute Gasteiger partial charge is 0.248 e. The summed E-state index contributed by atoms with van der Waals surface area (Å²) in [6, 6.07) is 10.9. The van der Waals surface area contributed by atoms with Crippen molar-refractivity contribution in [2.45, 2.75) is 24.7 Å². The molecule has 0 spiro atoms. The Hall–Kier alpha value is -3.77. The van der Waals surface area contributed by atoms with Gasteiger partial charge >= 0.3 is 0 Å². The third-order valence-electron chi connectivity index (χ3n) is 7.63. The zero-order valence-electron chi connectivity index (χ0n) is 22.9. The first kappa shape index (κ1) is 28.7. The molecule has 0 bridgehead atoms. The third kappa shape index (κ3) is 5.98. The number of nitrogens with zero attached hydrogens (tertiary/aromatic N) is 4. The van der Waals surface area contributed by atoms with Gasteiger partial charge in [-0.25, -0.2) is 17.2 Å². The fourth-order valence-electron chi connectivity index (χ4n) is 5.39. The van der Waals surface area contributed by atoms with Gasteiger partial charge < -0.3 is 19.1 Å². The van der Waals surface area contributed by atoms with Crippen LogP contribution in [0.3, 0.4) is 0 Å². The van der Waals surface area contributed by atoms with E-state index in [9.17, 15) is 22.0 Å². The zero-order valence-corrected chi connectivity index (χ0v) is 23.7. The van der Waals surface area contributed by atoms with Crippen LogP contribution in [0.2, 0.25) is 0 Å². The van der Waals surface area contributed by atoms with Crippen LogP contribution < -0.4 is 9.64 Å². The van der Waals surface area contributed by atoms with Gasteiger partial charge in [-0.05, 0) is 56.2 Å². The predicted molar refractivity (Wildman–Crippen MR) is 150 cm³/mol. The number of anilines is 1. The van der Waals surface area contributed by atoms with E-state index in [1.807, 2.05) is 29.2 Å². The van der Waals surface area contributed by atoms with Gasteiger partial charge in [0.1, 0.15) is 23.1 Å². The van der Waals surface area contributed by atoms with Crippen molar-refractivity contribution in [3.05, 3.63) is 71.1 Å². The van der Waals surface area contributed by atoms with E-state index in [4.69, 9.17) is 9.26 Å². The highest BCUT2D eigenvalue weighted by molar-refractivity contribution is 7.89. The summed E-state index contributed by atoms with van der Waals surface area (Å²) in [6.07, 6.45) is 3.43. The van der Waals surface area contributed by atoms with Gasteiger partial charge in [0, 0.05) is 56.8 Å². The number of carbonyl (C=O) groups is 1. The topological polar surface area (TPSA) is 96.2 Å². The second kappa shape index (κ2) is 12.0. The van der Waals surface area contributed by atoms with E-state index < -0.39 is 21.7 Å². The summed E-state index contributed by atoms with van der Waals surface area (Å²) in [4.78, 5) is 17.3. The van der Waals surface area contributed by atoms with E-state index in [2.05, 4.69) is 10.1 Å². The molecule has 41 heavy (non-hydrogen) atoms. The SMILES string of the molecule is COc1ccccc1N1CCN(C(=O)C2CCN(S(=O)(=O)c3c(C)noc3C=Cc3ccc(F)cc3F)CC2)CC1. The number of rotatable bonds is 7. The van der Waals surface area contributed by atoms with Gasteiger partial charge in [-0.15, -0.1) is 0 Å². The summed E-state index contributed by atoms with van der Waals surface area (Å²) < 4.78 is 66.5. The molecule has 0 atom stereocenters. The lowest BCUT2D eigenvalue weighted by Gasteiger charge is -2.39. The molecule has 12 heteroatoms. The molecule has 1 aromatic heterocycles. The van der Waals surface area contributed by atoms with Crippen molar-refractivity contribution >= 4 is 33.8 Å². The van der Waals surface area contributed by atoms with E-state index in [1.165, 1.54) is 29.4 Å². The highest BCUT2D eigenvalue weighted by Crippen LogP contribution is 2.31. The van der Waals surface area contributed by atoms with E-state index in [0.29, 0.717) is 39.0 Å². The van der Waals surface area contributed by atoms with Gasteiger partial charge in [0.25, 0.3) is 0 Å². The lowest BCUT2D eigenvalue weighted by molar-refractivity contribution is -0.137. The van der Waals surface area contributed by atoms with E-state index in [1.54, 1.807) is 7.11 Å². The second-order valence-electron chi connectivity index (χ2n) is 10.1. The summed E-state index contributed by atoms with van der Waals surface area (Å²) >= 11 is 0. The van der Waals surface area contributed by atoms with Crippen LogP contribution in [-0.2, 0) is 14.8 Å². The standard InChI is InChI=1S/C29H32F2N4O5S/c1-20-28(27(40-32-20)10-8-21-7-9-23(30)19-24(21)31)41(37,38)35-13-11-22(12-14-35)29(36)34-17-15-33(16-18-34)25-5-3-4-6-26(25)39-2/h3-10,19,22H,11-18H2,1-2H3. The Morgan fingerprint density at radius 3 is 2.41 bits per heavy atom. The summed E-state index contributed by atoms with van der Waals surface area (Å²) in [5.41, 5.74) is 1.25. The molecule has 9 nitrogen and oxygen atoms in total. The number of methoxy groups -OCH3 is 1. The van der Waals surface area contributed by atoms with Crippen LogP contribution in [-0.4, -0.2) is 75.1 Å². The zero-order chi connectivity index (χ0) is 29.1. The second-order valence-corrected chi connectivity index (χ2v) is 12.0. The molecular formula is C29H32F2N4O5S. The molecule has 2 aliphatic rings. The van der Waals surface area contributed by atoms with Gasteiger partial charge in [-0.3, -0.25) is 4.79 Å². The van der Waals surface area contributed by atoms with Crippen molar-refractivity contribution in [1.82, 2.24) is 14.4 Å². The van der Waals surface area contributed by atoms with Crippen molar-refractivity contribution in [2.24, 2.45) is 5.92 Å². The van der Waals surface area contributed by atoms with Gasteiger partial charge in [-0.1, -0.05) is 17.3 Å². The van der Waals surface area contributed by atoms with Crippen LogP contribution >= 0.6 is 0 Å². The number of hydrogen-bond acceptors (Lipinski definition) is 7. The van der Waals surface area contributed by atoms with Crippen molar-refractivity contribution in [3.63, 3.8) is 0 Å². The first-order valence-corrected chi connectivity index (χ1v) is 14.9. The Morgan fingerprint density at radius 2 is 1.73 bits per heavy atom. The molecule has 3 heterocycles. The number of piperidine rings is 1. The molecule has 218 valence electrons. The minimum atomic E-state index is -3.99. The maximum absolute atomic E-state index is 14.0. The Balaban J connectivity index is 1.21. The van der Waals surface area contributed by atoms with Gasteiger partial charge in [0.2, 0.25) is 15.9 Å². The minimum Gasteiger partial charge on any atom is -0.495 e. The fraction of sp³-hybridized carbons (Fsp3) is 0.379. The number of carbonyl (C=O) groups excluding carboxylic acids is 1. The highest BCUT2D eigenvalue weighted by atomic mass is 32.2. The maximum Gasteiger partial charge on any atom is 0.248 e. The summed E-state index contributed by atoms with van der Waals surface area (Å²) in [7, 11) is -2.35. The monoisotopic (exact) mass is 586 g/mol. The molecule has 5 rings (SSSR count).